The van der Waals surface area contributed by atoms with Crippen LogP contribution in [0, 0.1) is 5.41 Å². The van der Waals surface area contributed by atoms with Crippen molar-refractivity contribution >= 4 is 18.8 Å². The molecule has 1 fully saturated rings. The molecule has 1 saturated heterocycles. The van der Waals surface area contributed by atoms with Crippen LogP contribution in [0.5, 0.6) is 0 Å². The Morgan fingerprint density at radius 1 is 0.875 bits per heavy atom. The van der Waals surface area contributed by atoms with E-state index in [1.54, 1.807) is 0 Å². The summed E-state index contributed by atoms with van der Waals surface area (Å²) in [5, 5.41) is 0. The molecule has 0 aromatic rings. The first-order valence-corrected chi connectivity index (χ1v) is 17.7. The second-order valence-corrected chi connectivity index (χ2v) is 20.9. The Labute approximate surface area is 156 Å². The molecule has 2 nitrogen and oxygen atoms in total. The fraction of sp³-hybridized carbons (Fsp3) is 1.00. The molecule has 1 atom stereocenters. The summed E-state index contributed by atoms with van der Waals surface area (Å²) in [6.45, 7) is 19.5. The summed E-state index contributed by atoms with van der Waals surface area (Å²) < 4.78 is 17.4. The van der Waals surface area contributed by atoms with E-state index in [1.807, 2.05) is 0 Å². The van der Waals surface area contributed by atoms with Gasteiger partial charge in [0, 0.05) is 0 Å². The normalized spacial score (nSPS) is 22.0. The van der Waals surface area contributed by atoms with Gasteiger partial charge in [0.15, 0.2) is 0 Å². The van der Waals surface area contributed by atoms with Gasteiger partial charge >= 0.3 is 157 Å². The fourth-order valence-electron chi connectivity index (χ4n) is 3.80. The molecule has 1 rings (SSSR count). The molecule has 0 bridgehead atoms. The molecular formula is C21H44O2Sn. The first-order valence-electron chi connectivity index (χ1n) is 10.4. The van der Waals surface area contributed by atoms with E-state index in [1.165, 1.54) is 51.8 Å². The molecule has 1 unspecified atom stereocenters. The van der Waals surface area contributed by atoms with Crippen LogP contribution in [0.4, 0.5) is 0 Å². The average molecular weight is 447 g/mol. The third-order valence-electron chi connectivity index (χ3n) is 6.83. The van der Waals surface area contributed by atoms with E-state index in [-0.39, 0.29) is 16.6 Å². The van der Waals surface area contributed by atoms with Crippen molar-refractivity contribution in [2.24, 2.45) is 5.41 Å². The van der Waals surface area contributed by atoms with Crippen LogP contribution in [0.1, 0.15) is 93.9 Å². The first-order chi connectivity index (χ1) is 11.1. The molecule has 1 heterocycles. The monoisotopic (exact) mass is 448 g/mol. The third-order valence-corrected chi connectivity index (χ3v) is 20.4. The van der Waals surface area contributed by atoms with Crippen LogP contribution in [0.2, 0.25) is 13.3 Å². The van der Waals surface area contributed by atoms with Crippen molar-refractivity contribution in [3.63, 3.8) is 0 Å². The van der Waals surface area contributed by atoms with E-state index in [0.29, 0.717) is 0 Å². The molecule has 24 heavy (non-hydrogen) atoms. The molecular weight excluding hydrogens is 403 g/mol. The van der Waals surface area contributed by atoms with Crippen LogP contribution in [0.25, 0.3) is 0 Å². The fourth-order valence-corrected chi connectivity index (χ4v) is 19.2. The van der Waals surface area contributed by atoms with E-state index in [0.717, 1.165) is 6.61 Å². The van der Waals surface area contributed by atoms with E-state index >= 15 is 0 Å². The number of ether oxygens (including phenoxy) is 1. The Hall–Kier alpha value is 0.719. The Bertz CT molecular complexity index is 350. The maximum absolute atomic E-state index is 7.29. The quantitative estimate of drug-likeness (QED) is 0.225. The summed E-state index contributed by atoms with van der Waals surface area (Å²) in [7, 11) is 0. The van der Waals surface area contributed by atoms with Crippen LogP contribution in [-0.2, 0) is 7.81 Å². The minimum absolute atomic E-state index is 0.00558. The summed E-state index contributed by atoms with van der Waals surface area (Å²) in [5.74, 6) is 0. The predicted molar refractivity (Wildman–Crippen MR) is 108 cm³/mol. The maximum atomic E-state index is 7.29. The average Bonchev–Trinajstić information content (AvgIpc) is 3.27. The Balaban J connectivity index is 3.02. The van der Waals surface area contributed by atoms with Gasteiger partial charge in [-0.1, -0.05) is 0 Å². The van der Waals surface area contributed by atoms with Crippen LogP contribution in [-0.4, -0.2) is 36.6 Å². The molecule has 144 valence electrons. The number of hydrogen-bond donors (Lipinski definition) is 0. The van der Waals surface area contributed by atoms with Crippen molar-refractivity contribution < 1.29 is 7.81 Å². The first kappa shape index (κ1) is 22.8. The molecule has 0 aliphatic carbocycles. The molecule has 0 radical (unpaired) electrons. The SMILES string of the molecule is CCC[CH2][Sn]([CH2]CCC)([CH2]CCC)[O]C(C)(C)C(C)(C)C1(C)CO1. The Kier molecular flexibility index (Phi) is 8.61. The van der Waals surface area contributed by atoms with E-state index < -0.39 is 18.8 Å². The number of hydrogen-bond acceptors (Lipinski definition) is 2. The number of rotatable bonds is 13. The molecule has 1 aliphatic heterocycles. The second-order valence-electron chi connectivity index (χ2n) is 9.25. The zero-order valence-corrected chi connectivity index (χ0v) is 20.7. The zero-order valence-electron chi connectivity index (χ0n) is 17.9. The zero-order chi connectivity index (χ0) is 18.5. The summed E-state index contributed by atoms with van der Waals surface area (Å²) in [6, 6.07) is 0. The Morgan fingerprint density at radius 3 is 1.54 bits per heavy atom. The summed E-state index contributed by atoms with van der Waals surface area (Å²) in [4.78, 5) is 0. The topological polar surface area (TPSA) is 21.8 Å². The second kappa shape index (κ2) is 9.08. The van der Waals surface area contributed by atoms with Crippen molar-refractivity contribution in [2.45, 2.75) is 118 Å². The van der Waals surface area contributed by atoms with Gasteiger partial charge < -0.3 is 0 Å². The van der Waals surface area contributed by atoms with E-state index in [9.17, 15) is 0 Å². The molecule has 0 aromatic carbocycles. The standard InChI is InChI=1S/C9H17O2.3C4H9.Sn/c1-7(2,8(3,4)10)9(5)6-11-9;3*1-3-4-2;/h6H2,1-5H3;3*1,3-4H2,2H3;/q-1;;;;+1. The Morgan fingerprint density at radius 2 is 1.25 bits per heavy atom. The number of unbranched alkanes of at least 4 members (excludes halogenated alkanes) is 3. The molecule has 3 heteroatoms. The van der Waals surface area contributed by atoms with Gasteiger partial charge in [0.25, 0.3) is 0 Å². The van der Waals surface area contributed by atoms with Crippen molar-refractivity contribution in [3.8, 4) is 0 Å². The molecule has 0 N–H and O–H groups in total. The van der Waals surface area contributed by atoms with Crippen LogP contribution < -0.4 is 0 Å². The predicted octanol–water partition coefficient (Wildman–Crippen LogP) is 6.94. The van der Waals surface area contributed by atoms with Crippen molar-refractivity contribution in [1.29, 1.82) is 0 Å². The summed E-state index contributed by atoms with van der Waals surface area (Å²) in [6.07, 6.45) is 7.95. The van der Waals surface area contributed by atoms with Crippen LogP contribution in [0.3, 0.4) is 0 Å². The molecule has 0 saturated carbocycles. The third kappa shape index (κ3) is 5.36. The minimum atomic E-state index is -2.60. The van der Waals surface area contributed by atoms with Gasteiger partial charge in [0.05, 0.1) is 0 Å². The van der Waals surface area contributed by atoms with Gasteiger partial charge in [-0.3, -0.25) is 0 Å². The number of epoxide rings is 1. The van der Waals surface area contributed by atoms with Crippen molar-refractivity contribution in [1.82, 2.24) is 0 Å². The molecule has 0 spiro atoms. The van der Waals surface area contributed by atoms with Gasteiger partial charge in [0.1, 0.15) is 0 Å². The van der Waals surface area contributed by atoms with Gasteiger partial charge in [-0.25, -0.2) is 0 Å². The van der Waals surface area contributed by atoms with Crippen molar-refractivity contribution in [3.05, 3.63) is 0 Å². The van der Waals surface area contributed by atoms with E-state index in [2.05, 4.69) is 55.4 Å². The van der Waals surface area contributed by atoms with Gasteiger partial charge in [-0.15, -0.1) is 0 Å². The van der Waals surface area contributed by atoms with Gasteiger partial charge in [0.2, 0.25) is 0 Å². The van der Waals surface area contributed by atoms with E-state index in [4.69, 9.17) is 7.81 Å². The molecule has 1 aliphatic rings. The van der Waals surface area contributed by atoms with Crippen LogP contribution in [0.15, 0.2) is 0 Å². The summed E-state index contributed by atoms with van der Waals surface area (Å²) in [5.41, 5.74) is -0.0647. The van der Waals surface area contributed by atoms with Crippen molar-refractivity contribution in [2.75, 3.05) is 6.61 Å². The van der Waals surface area contributed by atoms with Gasteiger partial charge in [-0.2, -0.15) is 0 Å². The van der Waals surface area contributed by atoms with Gasteiger partial charge in [-0.05, 0) is 0 Å². The van der Waals surface area contributed by atoms with Crippen LogP contribution >= 0.6 is 0 Å². The molecule has 0 aromatic heterocycles. The summed E-state index contributed by atoms with van der Waals surface area (Å²) >= 11 is -2.60. The molecule has 0 amide bonds.